The zero-order valence-corrected chi connectivity index (χ0v) is 16.5. The minimum atomic E-state index is 0. The predicted molar refractivity (Wildman–Crippen MR) is 103 cm³/mol. The molecule has 2 rings (SSSR count). The zero-order chi connectivity index (χ0) is 15.2. The highest BCUT2D eigenvalue weighted by Crippen LogP contribution is 2.39. The van der Waals surface area contributed by atoms with Crippen LogP contribution < -0.4 is 10.1 Å². The van der Waals surface area contributed by atoms with Gasteiger partial charge in [0.15, 0.2) is 11.5 Å². The van der Waals surface area contributed by atoms with Crippen molar-refractivity contribution in [2.75, 3.05) is 32.8 Å². The lowest BCUT2D eigenvalue weighted by atomic mass is 10.0. The minimum Gasteiger partial charge on any atom is -0.503 e. The van der Waals surface area contributed by atoms with Crippen LogP contribution in [0, 0.1) is 0 Å². The van der Waals surface area contributed by atoms with Gasteiger partial charge in [-0.25, -0.2) is 0 Å². The Morgan fingerprint density at radius 2 is 2.04 bits per heavy atom. The van der Waals surface area contributed by atoms with Crippen LogP contribution in [0.2, 0.25) is 0 Å². The Balaban J connectivity index is 0.00000242. The molecule has 0 unspecified atom stereocenters. The summed E-state index contributed by atoms with van der Waals surface area (Å²) in [6, 6.07) is 4.19. The molecule has 0 saturated carbocycles. The minimum absolute atomic E-state index is 0. The topological polar surface area (TPSA) is 44.7 Å². The SMILES string of the molecule is C=CC[C@@H](c1cc(Br)c(O)c(OCC)c1)N1CCNCC1.Cl.Cl. The predicted octanol–water partition coefficient (Wildman–Crippen LogP) is 3.92. The Kier molecular flexibility index (Phi) is 10.9. The van der Waals surface area contributed by atoms with Crippen molar-refractivity contribution in [1.29, 1.82) is 0 Å². The number of piperazine rings is 1. The summed E-state index contributed by atoms with van der Waals surface area (Å²) in [4.78, 5) is 2.45. The summed E-state index contributed by atoms with van der Waals surface area (Å²) in [7, 11) is 0. The van der Waals surface area contributed by atoms with Gasteiger partial charge < -0.3 is 15.2 Å². The Bertz CT molecular complexity index is 497. The maximum absolute atomic E-state index is 10.1. The molecule has 1 saturated heterocycles. The van der Waals surface area contributed by atoms with Crippen molar-refractivity contribution in [3.8, 4) is 11.5 Å². The molecule has 1 aliphatic rings. The highest BCUT2D eigenvalue weighted by molar-refractivity contribution is 9.10. The van der Waals surface area contributed by atoms with E-state index >= 15 is 0 Å². The van der Waals surface area contributed by atoms with E-state index in [1.807, 2.05) is 25.1 Å². The van der Waals surface area contributed by atoms with Crippen LogP contribution in [-0.2, 0) is 0 Å². The molecule has 0 aromatic heterocycles. The van der Waals surface area contributed by atoms with Crippen LogP contribution in [0.15, 0.2) is 29.3 Å². The molecule has 0 aliphatic carbocycles. The average molecular weight is 428 g/mol. The summed E-state index contributed by atoms with van der Waals surface area (Å²) in [5, 5.41) is 13.4. The fraction of sp³-hybridized carbons (Fsp3) is 0.500. The first-order valence-corrected chi connectivity index (χ1v) is 8.17. The molecule has 1 aliphatic heterocycles. The molecule has 0 amide bonds. The number of phenols is 1. The molecule has 1 aromatic rings. The first kappa shape index (κ1) is 22.5. The van der Waals surface area contributed by atoms with Crippen molar-refractivity contribution in [3.63, 3.8) is 0 Å². The van der Waals surface area contributed by atoms with E-state index in [1.54, 1.807) is 0 Å². The Morgan fingerprint density at radius 3 is 2.61 bits per heavy atom. The van der Waals surface area contributed by atoms with E-state index in [4.69, 9.17) is 4.74 Å². The number of aromatic hydroxyl groups is 1. The third kappa shape index (κ3) is 5.84. The molecule has 0 bridgehead atoms. The molecule has 1 aromatic carbocycles. The Hall–Kier alpha value is -0.460. The molecule has 4 nitrogen and oxygen atoms in total. The summed E-state index contributed by atoms with van der Waals surface area (Å²) in [6.07, 6.45) is 2.83. The second-order valence-electron chi connectivity index (χ2n) is 5.11. The van der Waals surface area contributed by atoms with E-state index in [9.17, 15) is 5.11 Å². The molecule has 0 spiro atoms. The number of phenolic OH excluding ortho intramolecular Hbond substituents is 1. The van der Waals surface area contributed by atoms with Gasteiger partial charge in [0.2, 0.25) is 0 Å². The monoisotopic (exact) mass is 426 g/mol. The average Bonchev–Trinajstić information content (AvgIpc) is 2.50. The molecule has 7 heteroatoms. The first-order chi connectivity index (χ1) is 10.2. The highest BCUT2D eigenvalue weighted by Gasteiger charge is 2.23. The Morgan fingerprint density at radius 1 is 1.39 bits per heavy atom. The van der Waals surface area contributed by atoms with E-state index in [0.29, 0.717) is 16.8 Å². The normalized spacial score (nSPS) is 15.9. The van der Waals surface area contributed by atoms with Gasteiger partial charge in [-0.05, 0) is 47.0 Å². The summed E-state index contributed by atoms with van der Waals surface area (Å²) in [5.74, 6) is 0.698. The van der Waals surface area contributed by atoms with Gasteiger partial charge in [0.25, 0.3) is 0 Å². The van der Waals surface area contributed by atoms with Crippen LogP contribution in [0.25, 0.3) is 0 Å². The summed E-state index contributed by atoms with van der Waals surface area (Å²) < 4.78 is 6.21. The van der Waals surface area contributed by atoms with Crippen LogP contribution >= 0.6 is 40.7 Å². The van der Waals surface area contributed by atoms with Gasteiger partial charge >= 0.3 is 0 Å². The fourth-order valence-corrected chi connectivity index (χ4v) is 3.16. The van der Waals surface area contributed by atoms with Crippen molar-refractivity contribution >= 4 is 40.7 Å². The van der Waals surface area contributed by atoms with Crippen molar-refractivity contribution in [3.05, 3.63) is 34.8 Å². The quantitative estimate of drug-likeness (QED) is 0.675. The van der Waals surface area contributed by atoms with Crippen molar-refractivity contribution in [2.24, 2.45) is 0 Å². The molecule has 23 heavy (non-hydrogen) atoms. The summed E-state index contributed by atoms with van der Waals surface area (Å²) >= 11 is 3.42. The van der Waals surface area contributed by atoms with Gasteiger partial charge in [-0.15, -0.1) is 31.4 Å². The number of hydrogen-bond acceptors (Lipinski definition) is 4. The third-order valence-corrected chi connectivity index (χ3v) is 4.32. The van der Waals surface area contributed by atoms with Gasteiger partial charge in [-0.1, -0.05) is 6.08 Å². The van der Waals surface area contributed by atoms with Crippen molar-refractivity contribution < 1.29 is 9.84 Å². The molecule has 132 valence electrons. The fourth-order valence-electron chi connectivity index (χ4n) is 2.70. The van der Waals surface area contributed by atoms with Gasteiger partial charge in [0, 0.05) is 32.2 Å². The van der Waals surface area contributed by atoms with E-state index in [0.717, 1.165) is 38.2 Å². The molecular formula is C16H25BrCl2N2O2. The number of nitrogens with one attached hydrogen (secondary N) is 1. The largest absolute Gasteiger partial charge is 0.503 e. The van der Waals surface area contributed by atoms with Gasteiger partial charge in [0.1, 0.15) is 0 Å². The number of ether oxygens (including phenoxy) is 1. The molecule has 1 fully saturated rings. The van der Waals surface area contributed by atoms with Crippen LogP contribution in [-0.4, -0.2) is 42.8 Å². The summed E-state index contributed by atoms with van der Waals surface area (Å²) in [5.41, 5.74) is 1.14. The smallest absolute Gasteiger partial charge is 0.172 e. The maximum atomic E-state index is 10.1. The van der Waals surface area contributed by atoms with Crippen molar-refractivity contribution in [2.45, 2.75) is 19.4 Å². The molecular weight excluding hydrogens is 403 g/mol. The standard InChI is InChI=1S/C16H23BrN2O2.2ClH/c1-3-5-14(19-8-6-18-7-9-19)12-10-13(17)16(20)15(11-12)21-4-2;;/h3,10-11,14,18,20H,1,4-9H2,2H3;2*1H/t14-;;/m0../s1. The van der Waals surface area contributed by atoms with Crippen LogP contribution in [0.1, 0.15) is 24.9 Å². The van der Waals surface area contributed by atoms with E-state index in [2.05, 4.69) is 32.7 Å². The third-order valence-electron chi connectivity index (χ3n) is 3.72. The number of nitrogens with zero attached hydrogens (tertiary/aromatic N) is 1. The number of hydrogen-bond donors (Lipinski definition) is 2. The van der Waals surface area contributed by atoms with Gasteiger partial charge in [-0.2, -0.15) is 0 Å². The summed E-state index contributed by atoms with van der Waals surface area (Å²) in [6.45, 7) is 10.4. The van der Waals surface area contributed by atoms with E-state index in [1.165, 1.54) is 0 Å². The van der Waals surface area contributed by atoms with E-state index < -0.39 is 0 Å². The molecule has 0 radical (unpaired) electrons. The second kappa shape index (κ2) is 11.2. The first-order valence-electron chi connectivity index (χ1n) is 7.38. The van der Waals surface area contributed by atoms with Crippen LogP contribution in [0.4, 0.5) is 0 Å². The lowest BCUT2D eigenvalue weighted by molar-refractivity contribution is 0.174. The van der Waals surface area contributed by atoms with Gasteiger partial charge in [-0.3, -0.25) is 4.90 Å². The molecule has 1 heterocycles. The van der Waals surface area contributed by atoms with Crippen LogP contribution in [0.5, 0.6) is 11.5 Å². The highest BCUT2D eigenvalue weighted by atomic mass is 79.9. The number of rotatable bonds is 6. The second-order valence-corrected chi connectivity index (χ2v) is 5.96. The van der Waals surface area contributed by atoms with Crippen LogP contribution in [0.3, 0.4) is 0 Å². The zero-order valence-electron chi connectivity index (χ0n) is 13.3. The number of benzene rings is 1. The molecule has 1 atom stereocenters. The Labute approximate surface area is 159 Å². The molecule has 2 N–H and O–H groups in total. The van der Waals surface area contributed by atoms with E-state index in [-0.39, 0.29) is 36.6 Å². The lowest BCUT2D eigenvalue weighted by Crippen LogP contribution is -2.45. The maximum Gasteiger partial charge on any atom is 0.172 e. The lowest BCUT2D eigenvalue weighted by Gasteiger charge is -2.35. The number of halogens is 3. The van der Waals surface area contributed by atoms with Crippen molar-refractivity contribution in [1.82, 2.24) is 10.2 Å². The van der Waals surface area contributed by atoms with Gasteiger partial charge in [0.05, 0.1) is 11.1 Å².